The number of fused-ring (bicyclic) bond motifs is 1. The summed E-state index contributed by atoms with van der Waals surface area (Å²) in [7, 11) is 0. The number of hydrogen-bond acceptors (Lipinski definition) is 3. The number of rotatable bonds is 5. The van der Waals surface area contributed by atoms with Crippen LogP contribution in [-0.4, -0.2) is 31.2 Å². The first kappa shape index (κ1) is 13.4. The van der Waals surface area contributed by atoms with Gasteiger partial charge in [-0.25, -0.2) is 0 Å². The summed E-state index contributed by atoms with van der Waals surface area (Å²) in [5, 5.41) is 0. The Balaban J connectivity index is 1.80. The van der Waals surface area contributed by atoms with Crippen molar-refractivity contribution in [3.8, 4) is 0 Å². The summed E-state index contributed by atoms with van der Waals surface area (Å²) in [6.45, 7) is 9.20. The van der Waals surface area contributed by atoms with Crippen molar-refractivity contribution in [3.63, 3.8) is 0 Å². The smallest absolute Gasteiger partial charge is 0.0593 e. The molecule has 1 aliphatic rings. The Hall–Kier alpha value is -1.06. The van der Waals surface area contributed by atoms with E-state index in [-0.39, 0.29) is 0 Å². The quantitative estimate of drug-likeness (QED) is 0.642. The van der Waals surface area contributed by atoms with Crippen LogP contribution in [-0.2, 0) is 17.7 Å². The molecule has 1 aliphatic heterocycles. The highest BCUT2D eigenvalue weighted by molar-refractivity contribution is 5.45. The zero-order valence-electron chi connectivity index (χ0n) is 11.5. The van der Waals surface area contributed by atoms with E-state index < -0.39 is 0 Å². The molecule has 0 aliphatic carbocycles. The number of benzene rings is 1. The maximum atomic E-state index is 5.84. The van der Waals surface area contributed by atoms with Crippen LogP contribution < -0.4 is 5.73 Å². The molecule has 2 rings (SSSR count). The lowest BCUT2D eigenvalue weighted by molar-refractivity contribution is 0.0819. The third-order valence-electron chi connectivity index (χ3n) is 3.32. The van der Waals surface area contributed by atoms with Gasteiger partial charge in [0.2, 0.25) is 0 Å². The molecule has 0 atom stereocenters. The van der Waals surface area contributed by atoms with Crippen LogP contribution in [0, 0.1) is 5.92 Å². The zero-order chi connectivity index (χ0) is 13.0. The molecule has 1 aromatic rings. The van der Waals surface area contributed by atoms with Crippen molar-refractivity contribution < 1.29 is 4.74 Å². The second-order valence-electron chi connectivity index (χ2n) is 5.52. The molecule has 2 N–H and O–H groups in total. The van der Waals surface area contributed by atoms with E-state index in [0.29, 0.717) is 5.92 Å². The first-order valence-corrected chi connectivity index (χ1v) is 6.82. The average molecular weight is 248 g/mol. The van der Waals surface area contributed by atoms with Gasteiger partial charge >= 0.3 is 0 Å². The van der Waals surface area contributed by atoms with Crippen LogP contribution in [0.15, 0.2) is 18.2 Å². The van der Waals surface area contributed by atoms with E-state index in [9.17, 15) is 0 Å². The summed E-state index contributed by atoms with van der Waals surface area (Å²) in [6, 6.07) is 6.27. The second-order valence-corrected chi connectivity index (χ2v) is 5.52. The van der Waals surface area contributed by atoms with Gasteiger partial charge in [0.25, 0.3) is 0 Å². The van der Waals surface area contributed by atoms with E-state index in [0.717, 1.165) is 45.0 Å². The molecule has 3 nitrogen and oxygen atoms in total. The van der Waals surface area contributed by atoms with E-state index in [4.69, 9.17) is 10.5 Å². The highest BCUT2D eigenvalue weighted by Crippen LogP contribution is 2.20. The SMILES string of the molecule is CC(C)COCCN1CCc2ccc(N)cc2C1. The third kappa shape index (κ3) is 3.72. The molecule has 18 heavy (non-hydrogen) atoms. The predicted molar refractivity (Wildman–Crippen MR) is 75.5 cm³/mol. The number of ether oxygens (including phenoxy) is 1. The van der Waals surface area contributed by atoms with Gasteiger partial charge in [-0.1, -0.05) is 19.9 Å². The normalized spacial score (nSPS) is 15.9. The van der Waals surface area contributed by atoms with Gasteiger partial charge < -0.3 is 10.5 Å². The highest BCUT2D eigenvalue weighted by atomic mass is 16.5. The maximum Gasteiger partial charge on any atom is 0.0593 e. The molecule has 0 amide bonds. The average Bonchev–Trinajstić information content (AvgIpc) is 2.34. The van der Waals surface area contributed by atoms with Gasteiger partial charge in [0.1, 0.15) is 0 Å². The van der Waals surface area contributed by atoms with Crippen LogP contribution in [0.1, 0.15) is 25.0 Å². The molecule has 1 heterocycles. The van der Waals surface area contributed by atoms with Crippen LogP contribution >= 0.6 is 0 Å². The minimum atomic E-state index is 0.617. The van der Waals surface area contributed by atoms with Crippen molar-refractivity contribution in [2.75, 3.05) is 32.0 Å². The Morgan fingerprint density at radius 1 is 1.33 bits per heavy atom. The number of nitrogens with two attached hydrogens (primary N) is 1. The summed E-state index contributed by atoms with van der Waals surface area (Å²) in [6.07, 6.45) is 1.12. The fourth-order valence-corrected chi connectivity index (χ4v) is 2.34. The Labute approximate surface area is 110 Å². The molecule has 0 radical (unpaired) electrons. The van der Waals surface area contributed by atoms with Crippen LogP contribution in [0.4, 0.5) is 5.69 Å². The second kappa shape index (κ2) is 6.21. The lowest BCUT2D eigenvalue weighted by atomic mass is 9.99. The molecular weight excluding hydrogens is 224 g/mol. The lowest BCUT2D eigenvalue weighted by Gasteiger charge is -2.28. The fraction of sp³-hybridized carbons (Fsp3) is 0.600. The van der Waals surface area contributed by atoms with E-state index in [1.165, 1.54) is 11.1 Å². The number of hydrogen-bond donors (Lipinski definition) is 1. The highest BCUT2D eigenvalue weighted by Gasteiger charge is 2.15. The first-order chi connectivity index (χ1) is 8.65. The molecule has 0 spiro atoms. The third-order valence-corrected chi connectivity index (χ3v) is 3.32. The number of anilines is 1. The monoisotopic (exact) mass is 248 g/mol. The Kier molecular flexibility index (Phi) is 4.61. The minimum absolute atomic E-state index is 0.617. The van der Waals surface area contributed by atoms with Crippen LogP contribution in [0.2, 0.25) is 0 Å². The number of nitrogen functional groups attached to an aromatic ring is 1. The van der Waals surface area contributed by atoms with Crippen molar-refractivity contribution in [2.24, 2.45) is 5.92 Å². The summed E-state index contributed by atoms with van der Waals surface area (Å²) >= 11 is 0. The summed E-state index contributed by atoms with van der Waals surface area (Å²) in [5.74, 6) is 0.617. The van der Waals surface area contributed by atoms with Gasteiger partial charge in [0, 0.05) is 31.9 Å². The molecule has 3 heteroatoms. The summed E-state index contributed by atoms with van der Waals surface area (Å²) in [4.78, 5) is 2.45. The van der Waals surface area contributed by atoms with E-state index in [1.54, 1.807) is 0 Å². The minimum Gasteiger partial charge on any atom is -0.399 e. The van der Waals surface area contributed by atoms with Gasteiger partial charge in [-0.3, -0.25) is 4.90 Å². The predicted octanol–water partition coefficient (Wildman–Crippen LogP) is 2.30. The largest absolute Gasteiger partial charge is 0.399 e. The van der Waals surface area contributed by atoms with Crippen molar-refractivity contribution >= 4 is 5.69 Å². The maximum absolute atomic E-state index is 5.84. The molecule has 0 saturated carbocycles. The first-order valence-electron chi connectivity index (χ1n) is 6.82. The van der Waals surface area contributed by atoms with Crippen LogP contribution in [0.25, 0.3) is 0 Å². The molecule has 0 saturated heterocycles. The Bertz CT molecular complexity index is 390. The van der Waals surface area contributed by atoms with Gasteiger partial charge in [0.05, 0.1) is 6.61 Å². The molecule has 0 bridgehead atoms. The number of nitrogens with zero attached hydrogens (tertiary/aromatic N) is 1. The van der Waals surface area contributed by atoms with Gasteiger partial charge in [-0.05, 0) is 35.6 Å². The van der Waals surface area contributed by atoms with Crippen molar-refractivity contribution in [2.45, 2.75) is 26.8 Å². The van der Waals surface area contributed by atoms with Crippen LogP contribution in [0.5, 0.6) is 0 Å². The zero-order valence-corrected chi connectivity index (χ0v) is 11.5. The molecule has 0 unspecified atom stereocenters. The summed E-state index contributed by atoms with van der Waals surface area (Å²) < 4.78 is 5.64. The lowest BCUT2D eigenvalue weighted by Crippen LogP contribution is -2.33. The summed E-state index contributed by atoms with van der Waals surface area (Å²) in [5.41, 5.74) is 9.53. The van der Waals surface area contributed by atoms with E-state index in [2.05, 4.69) is 30.9 Å². The van der Waals surface area contributed by atoms with Crippen LogP contribution in [0.3, 0.4) is 0 Å². The van der Waals surface area contributed by atoms with E-state index in [1.807, 2.05) is 6.07 Å². The van der Waals surface area contributed by atoms with Gasteiger partial charge in [0.15, 0.2) is 0 Å². The topological polar surface area (TPSA) is 38.5 Å². The molecule has 0 aromatic heterocycles. The Morgan fingerprint density at radius 3 is 2.94 bits per heavy atom. The van der Waals surface area contributed by atoms with Gasteiger partial charge in [-0.2, -0.15) is 0 Å². The molecule has 1 aromatic carbocycles. The van der Waals surface area contributed by atoms with Crippen molar-refractivity contribution in [1.29, 1.82) is 0 Å². The molecule has 0 fully saturated rings. The standard InChI is InChI=1S/C15H24N2O/c1-12(2)11-18-8-7-17-6-5-13-3-4-15(16)9-14(13)10-17/h3-4,9,12H,5-8,10-11,16H2,1-2H3. The Morgan fingerprint density at radius 2 is 2.17 bits per heavy atom. The van der Waals surface area contributed by atoms with Gasteiger partial charge in [-0.15, -0.1) is 0 Å². The van der Waals surface area contributed by atoms with Crippen molar-refractivity contribution in [1.82, 2.24) is 4.90 Å². The van der Waals surface area contributed by atoms with E-state index >= 15 is 0 Å². The molecule has 100 valence electrons. The fourth-order valence-electron chi connectivity index (χ4n) is 2.34. The molecular formula is C15H24N2O. The van der Waals surface area contributed by atoms with Crippen molar-refractivity contribution in [3.05, 3.63) is 29.3 Å².